The molecule has 1 N–H and O–H groups in total. The van der Waals surface area contributed by atoms with Crippen molar-refractivity contribution in [2.75, 3.05) is 5.32 Å². The molecule has 0 fully saturated rings. The molecule has 130 valence electrons. The quantitative estimate of drug-likeness (QED) is 0.521. The van der Waals surface area contributed by atoms with Crippen LogP contribution in [0.2, 0.25) is 0 Å². The zero-order valence-electron chi connectivity index (χ0n) is 14.5. The summed E-state index contributed by atoms with van der Waals surface area (Å²) >= 11 is 0. The molecule has 0 aromatic heterocycles. The van der Waals surface area contributed by atoms with Gasteiger partial charge in [0.05, 0.1) is 11.4 Å². The van der Waals surface area contributed by atoms with E-state index in [0.29, 0.717) is 6.42 Å². The lowest BCUT2D eigenvalue weighted by molar-refractivity contribution is -0.116. The van der Waals surface area contributed by atoms with Crippen molar-refractivity contribution in [3.05, 3.63) is 90.5 Å². The number of aryl methyl sites for hydroxylation is 1. The highest BCUT2D eigenvalue weighted by atomic mass is 16.1. The van der Waals surface area contributed by atoms with Gasteiger partial charge >= 0.3 is 0 Å². The normalized spacial score (nSPS) is 10.8. The first-order chi connectivity index (χ1) is 12.8. The summed E-state index contributed by atoms with van der Waals surface area (Å²) in [6.07, 6.45) is 2.25. The molecule has 1 amide bonds. The molecule has 26 heavy (non-hydrogen) atoms. The van der Waals surface area contributed by atoms with E-state index in [0.717, 1.165) is 29.9 Å². The predicted octanol–water partition coefficient (Wildman–Crippen LogP) is 6.06. The maximum absolute atomic E-state index is 12.0. The third kappa shape index (κ3) is 5.67. The lowest BCUT2D eigenvalue weighted by atomic mass is 10.1. The fourth-order valence-corrected chi connectivity index (χ4v) is 2.54. The summed E-state index contributed by atoms with van der Waals surface area (Å²) in [5.74, 6) is 0.0274. The molecule has 0 saturated carbocycles. The Labute approximate surface area is 153 Å². The van der Waals surface area contributed by atoms with Gasteiger partial charge < -0.3 is 5.32 Å². The van der Waals surface area contributed by atoms with Crippen molar-refractivity contribution in [1.82, 2.24) is 0 Å². The van der Waals surface area contributed by atoms with Crippen LogP contribution in [0.1, 0.15) is 18.4 Å². The van der Waals surface area contributed by atoms with Crippen LogP contribution in [0.25, 0.3) is 0 Å². The van der Waals surface area contributed by atoms with Crippen molar-refractivity contribution in [2.45, 2.75) is 19.3 Å². The van der Waals surface area contributed by atoms with Crippen LogP contribution in [0.3, 0.4) is 0 Å². The zero-order chi connectivity index (χ0) is 18.0. The van der Waals surface area contributed by atoms with Crippen molar-refractivity contribution < 1.29 is 4.79 Å². The summed E-state index contributed by atoms with van der Waals surface area (Å²) in [6.45, 7) is 0. The minimum Gasteiger partial charge on any atom is -0.326 e. The Morgan fingerprint density at radius 3 is 1.96 bits per heavy atom. The molecule has 0 saturated heterocycles. The van der Waals surface area contributed by atoms with Crippen molar-refractivity contribution >= 4 is 23.0 Å². The summed E-state index contributed by atoms with van der Waals surface area (Å²) in [5.41, 5.74) is 3.58. The van der Waals surface area contributed by atoms with Crippen LogP contribution in [0.15, 0.2) is 95.2 Å². The van der Waals surface area contributed by atoms with Gasteiger partial charge in [0.15, 0.2) is 0 Å². The minimum atomic E-state index is 0.0274. The van der Waals surface area contributed by atoms with Crippen LogP contribution in [0.4, 0.5) is 17.1 Å². The first-order valence-corrected chi connectivity index (χ1v) is 8.70. The highest BCUT2D eigenvalue weighted by Crippen LogP contribution is 2.20. The topological polar surface area (TPSA) is 53.8 Å². The average molecular weight is 343 g/mol. The van der Waals surface area contributed by atoms with Crippen molar-refractivity contribution in [2.24, 2.45) is 10.2 Å². The molecule has 0 spiro atoms. The van der Waals surface area contributed by atoms with Gasteiger partial charge in [0.1, 0.15) is 0 Å². The molecular formula is C22H21N3O. The SMILES string of the molecule is O=C(CCCc1ccccc1)Nc1ccc(N=Nc2ccccc2)cc1. The van der Waals surface area contributed by atoms with Gasteiger partial charge in [-0.3, -0.25) is 4.79 Å². The fourth-order valence-electron chi connectivity index (χ4n) is 2.54. The number of benzene rings is 3. The molecule has 3 aromatic rings. The summed E-state index contributed by atoms with van der Waals surface area (Å²) in [6, 6.07) is 27.1. The number of hydrogen-bond donors (Lipinski definition) is 1. The summed E-state index contributed by atoms with van der Waals surface area (Å²) in [5, 5.41) is 11.3. The number of amides is 1. The van der Waals surface area contributed by atoms with Crippen LogP contribution in [0.5, 0.6) is 0 Å². The molecule has 4 nitrogen and oxygen atoms in total. The van der Waals surface area contributed by atoms with Gasteiger partial charge in [-0.2, -0.15) is 10.2 Å². The number of carbonyl (C=O) groups is 1. The van der Waals surface area contributed by atoms with Crippen LogP contribution in [0, 0.1) is 0 Å². The van der Waals surface area contributed by atoms with E-state index in [1.54, 1.807) is 0 Å². The summed E-state index contributed by atoms with van der Waals surface area (Å²) in [7, 11) is 0. The van der Waals surface area contributed by atoms with Gasteiger partial charge in [0.25, 0.3) is 0 Å². The number of anilines is 1. The molecule has 0 atom stereocenters. The number of hydrogen-bond acceptors (Lipinski definition) is 3. The highest BCUT2D eigenvalue weighted by Gasteiger charge is 2.03. The van der Waals surface area contributed by atoms with E-state index < -0.39 is 0 Å². The molecule has 0 heterocycles. The number of nitrogens with one attached hydrogen (secondary N) is 1. The van der Waals surface area contributed by atoms with Crippen LogP contribution in [-0.2, 0) is 11.2 Å². The first-order valence-electron chi connectivity index (χ1n) is 8.70. The average Bonchev–Trinajstić information content (AvgIpc) is 2.69. The van der Waals surface area contributed by atoms with Crippen LogP contribution >= 0.6 is 0 Å². The van der Waals surface area contributed by atoms with Gasteiger partial charge in [-0.25, -0.2) is 0 Å². The van der Waals surface area contributed by atoms with Crippen molar-refractivity contribution in [3.63, 3.8) is 0 Å². The maximum atomic E-state index is 12.0. The Morgan fingerprint density at radius 2 is 1.31 bits per heavy atom. The smallest absolute Gasteiger partial charge is 0.224 e. The highest BCUT2D eigenvalue weighted by molar-refractivity contribution is 5.90. The second-order valence-electron chi connectivity index (χ2n) is 5.97. The second-order valence-corrected chi connectivity index (χ2v) is 5.97. The molecule has 3 rings (SSSR count). The van der Waals surface area contributed by atoms with E-state index in [9.17, 15) is 4.79 Å². The standard InChI is InChI=1S/C22H21N3O/c26-22(13-7-10-18-8-3-1-4-9-18)23-19-14-16-21(17-15-19)25-24-20-11-5-2-6-12-20/h1-6,8-9,11-12,14-17H,7,10,13H2,(H,23,26). The molecule has 4 heteroatoms. The molecular weight excluding hydrogens is 322 g/mol. The van der Waals surface area contributed by atoms with Crippen molar-refractivity contribution in [3.8, 4) is 0 Å². The van der Waals surface area contributed by atoms with Gasteiger partial charge in [0, 0.05) is 12.1 Å². The predicted molar refractivity (Wildman–Crippen MR) is 105 cm³/mol. The Bertz CT molecular complexity index is 844. The van der Waals surface area contributed by atoms with E-state index in [2.05, 4.69) is 27.7 Å². The Kier molecular flexibility index (Phi) is 6.26. The number of nitrogens with zero attached hydrogens (tertiary/aromatic N) is 2. The van der Waals surface area contributed by atoms with Gasteiger partial charge in [-0.1, -0.05) is 48.5 Å². The Morgan fingerprint density at radius 1 is 0.731 bits per heavy atom. The minimum absolute atomic E-state index is 0.0274. The van der Waals surface area contributed by atoms with Gasteiger partial charge in [-0.15, -0.1) is 0 Å². The number of azo groups is 1. The van der Waals surface area contributed by atoms with Gasteiger partial charge in [-0.05, 0) is 54.8 Å². The second kappa shape index (κ2) is 9.28. The van der Waals surface area contributed by atoms with E-state index in [4.69, 9.17) is 0 Å². The lowest BCUT2D eigenvalue weighted by Crippen LogP contribution is -2.11. The van der Waals surface area contributed by atoms with Gasteiger partial charge in [0.2, 0.25) is 5.91 Å². The monoisotopic (exact) mass is 343 g/mol. The van der Waals surface area contributed by atoms with Crippen LogP contribution < -0.4 is 5.32 Å². The molecule has 0 aliphatic heterocycles. The van der Waals surface area contributed by atoms with E-state index >= 15 is 0 Å². The third-order valence-electron chi connectivity index (χ3n) is 3.90. The first kappa shape index (κ1) is 17.5. The lowest BCUT2D eigenvalue weighted by Gasteiger charge is -2.05. The molecule has 0 unspecified atom stereocenters. The van der Waals surface area contributed by atoms with Crippen LogP contribution in [-0.4, -0.2) is 5.91 Å². The third-order valence-corrected chi connectivity index (χ3v) is 3.90. The Balaban J connectivity index is 1.46. The summed E-state index contributed by atoms with van der Waals surface area (Å²) < 4.78 is 0. The molecule has 0 aliphatic rings. The number of carbonyl (C=O) groups excluding carboxylic acids is 1. The molecule has 0 radical (unpaired) electrons. The summed E-state index contributed by atoms with van der Waals surface area (Å²) in [4.78, 5) is 12.0. The van der Waals surface area contributed by atoms with E-state index in [1.807, 2.05) is 72.8 Å². The maximum Gasteiger partial charge on any atom is 0.224 e. The molecule has 3 aromatic carbocycles. The zero-order valence-corrected chi connectivity index (χ0v) is 14.5. The largest absolute Gasteiger partial charge is 0.326 e. The fraction of sp³-hybridized carbons (Fsp3) is 0.136. The van der Waals surface area contributed by atoms with Crippen molar-refractivity contribution in [1.29, 1.82) is 0 Å². The van der Waals surface area contributed by atoms with E-state index in [-0.39, 0.29) is 5.91 Å². The molecule has 0 bridgehead atoms. The molecule has 0 aliphatic carbocycles. The Hall–Kier alpha value is -3.27. The number of rotatable bonds is 7. The van der Waals surface area contributed by atoms with E-state index in [1.165, 1.54) is 5.56 Å².